The molecule has 2 aromatic rings. The van der Waals surface area contributed by atoms with Gasteiger partial charge in [0.05, 0.1) is 0 Å². The lowest BCUT2D eigenvalue weighted by Gasteiger charge is -2.14. The minimum Gasteiger partial charge on any atom is -0.310 e. The first-order valence-electron chi connectivity index (χ1n) is 7.04. The summed E-state index contributed by atoms with van der Waals surface area (Å²) in [6.45, 7) is 3.19. The Hall–Kier alpha value is -1.67. The van der Waals surface area contributed by atoms with Crippen LogP contribution < -0.4 is 5.32 Å². The fourth-order valence-corrected chi connectivity index (χ4v) is 2.87. The normalized spacial score (nSPS) is 17.4. The summed E-state index contributed by atoms with van der Waals surface area (Å²) in [7, 11) is 0. The highest BCUT2D eigenvalue weighted by atomic mass is 14.9. The van der Waals surface area contributed by atoms with Crippen molar-refractivity contribution in [3.8, 4) is 0 Å². The zero-order valence-electron chi connectivity index (χ0n) is 11.4. The molecule has 98 valence electrons. The Bertz CT molecular complexity index is 548. The Labute approximate surface area is 114 Å². The second-order valence-corrected chi connectivity index (χ2v) is 5.36. The fourth-order valence-electron chi connectivity index (χ4n) is 2.87. The third kappa shape index (κ3) is 2.85. The van der Waals surface area contributed by atoms with E-state index in [1.807, 2.05) is 18.5 Å². The molecule has 2 heteroatoms. The maximum Gasteiger partial charge on any atom is 0.0326 e. The van der Waals surface area contributed by atoms with Crippen molar-refractivity contribution in [1.29, 1.82) is 0 Å². The van der Waals surface area contributed by atoms with E-state index in [0.717, 1.165) is 13.0 Å². The van der Waals surface area contributed by atoms with E-state index in [-0.39, 0.29) is 0 Å². The first kappa shape index (κ1) is 12.4. The number of nitrogens with zero attached hydrogens (tertiary/aromatic N) is 1. The van der Waals surface area contributed by atoms with Crippen molar-refractivity contribution in [3.63, 3.8) is 0 Å². The minimum atomic E-state index is 0.534. The van der Waals surface area contributed by atoms with Gasteiger partial charge in [-0.25, -0.2) is 0 Å². The quantitative estimate of drug-likeness (QED) is 0.903. The number of aryl methyl sites for hydroxylation is 2. The van der Waals surface area contributed by atoms with Crippen LogP contribution in [-0.2, 0) is 12.8 Å². The lowest BCUT2D eigenvalue weighted by Crippen LogP contribution is -2.22. The maximum atomic E-state index is 4.15. The lowest BCUT2D eigenvalue weighted by atomic mass is 10.0. The molecule has 0 saturated carbocycles. The number of nitrogens with one attached hydrogen (secondary N) is 1. The topological polar surface area (TPSA) is 24.9 Å². The van der Waals surface area contributed by atoms with Crippen molar-refractivity contribution in [2.24, 2.45) is 0 Å². The number of aromatic nitrogens is 1. The van der Waals surface area contributed by atoms with Crippen LogP contribution in [0, 0.1) is 6.92 Å². The predicted octanol–water partition coefficient (Wildman–Crippen LogP) is 3.21. The van der Waals surface area contributed by atoms with Crippen LogP contribution in [0.1, 0.15) is 34.7 Å². The van der Waals surface area contributed by atoms with Gasteiger partial charge in [0.25, 0.3) is 0 Å². The van der Waals surface area contributed by atoms with E-state index in [9.17, 15) is 0 Å². The number of pyridine rings is 1. The molecular weight excluding hydrogens is 232 g/mol. The number of benzene rings is 1. The number of hydrogen-bond donors (Lipinski definition) is 1. The fraction of sp³-hybridized carbons (Fsp3) is 0.353. The lowest BCUT2D eigenvalue weighted by molar-refractivity contribution is 0.533. The molecule has 1 aromatic carbocycles. The summed E-state index contributed by atoms with van der Waals surface area (Å²) in [6.07, 6.45) is 7.26. The number of fused-ring (bicyclic) bond motifs is 1. The van der Waals surface area contributed by atoms with Gasteiger partial charge in [0, 0.05) is 18.4 Å². The molecule has 0 fully saturated rings. The molecule has 0 radical (unpaired) electrons. The maximum absolute atomic E-state index is 4.15. The second kappa shape index (κ2) is 5.54. The van der Waals surface area contributed by atoms with Gasteiger partial charge in [0.2, 0.25) is 0 Å². The van der Waals surface area contributed by atoms with Crippen molar-refractivity contribution in [2.45, 2.75) is 32.2 Å². The molecule has 1 aromatic heterocycles. The third-order valence-electron chi connectivity index (χ3n) is 3.91. The van der Waals surface area contributed by atoms with Gasteiger partial charge in [-0.1, -0.05) is 29.8 Å². The molecule has 0 bridgehead atoms. The van der Waals surface area contributed by atoms with Crippen molar-refractivity contribution in [3.05, 3.63) is 65.0 Å². The molecule has 1 atom stereocenters. The zero-order chi connectivity index (χ0) is 13.1. The monoisotopic (exact) mass is 252 g/mol. The SMILES string of the molecule is Cc1ccc2c(c1)C(NCCc1cccnc1)CC2. The van der Waals surface area contributed by atoms with E-state index in [1.165, 1.54) is 35.1 Å². The molecule has 1 heterocycles. The molecular formula is C17H20N2. The highest BCUT2D eigenvalue weighted by Gasteiger charge is 2.21. The van der Waals surface area contributed by atoms with Crippen LogP contribution >= 0.6 is 0 Å². The molecule has 1 unspecified atom stereocenters. The van der Waals surface area contributed by atoms with E-state index < -0.39 is 0 Å². The summed E-state index contributed by atoms with van der Waals surface area (Å²) in [4.78, 5) is 4.15. The molecule has 1 aliphatic carbocycles. The van der Waals surface area contributed by atoms with Gasteiger partial charge in [-0.15, -0.1) is 0 Å². The summed E-state index contributed by atoms with van der Waals surface area (Å²) in [5.74, 6) is 0. The van der Waals surface area contributed by atoms with Crippen LogP contribution in [0.25, 0.3) is 0 Å². The number of rotatable bonds is 4. The third-order valence-corrected chi connectivity index (χ3v) is 3.91. The van der Waals surface area contributed by atoms with E-state index in [4.69, 9.17) is 0 Å². The molecule has 3 rings (SSSR count). The zero-order valence-corrected chi connectivity index (χ0v) is 11.4. The molecule has 0 aliphatic heterocycles. The van der Waals surface area contributed by atoms with Crippen LogP contribution in [0.5, 0.6) is 0 Å². The van der Waals surface area contributed by atoms with Crippen LogP contribution in [0.15, 0.2) is 42.7 Å². The van der Waals surface area contributed by atoms with E-state index in [0.29, 0.717) is 6.04 Å². The smallest absolute Gasteiger partial charge is 0.0326 e. The van der Waals surface area contributed by atoms with Crippen molar-refractivity contribution >= 4 is 0 Å². The van der Waals surface area contributed by atoms with Crippen molar-refractivity contribution in [1.82, 2.24) is 10.3 Å². The Kier molecular flexibility index (Phi) is 3.60. The van der Waals surface area contributed by atoms with Crippen LogP contribution in [-0.4, -0.2) is 11.5 Å². The number of hydrogen-bond acceptors (Lipinski definition) is 2. The highest BCUT2D eigenvalue weighted by molar-refractivity contribution is 5.37. The Morgan fingerprint density at radius 2 is 2.26 bits per heavy atom. The summed E-state index contributed by atoms with van der Waals surface area (Å²) in [5, 5.41) is 3.69. The van der Waals surface area contributed by atoms with Gasteiger partial charge >= 0.3 is 0 Å². The molecule has 19 heavy (non-hydrogen) atoms. The van der Waals surface area contributed by atoms with Crippen LogP contribution in [0.4, 0.5) is 0 Å². The predicted molar refractivity (Wildman–Crippen MR) is 78.2 cm³/mol. The van der Waals surface area contributed by atoms with Gasteiger partial charge < -0.3 is 5.32 Å². The van der Waals surface area contributed by atoms with Crippen LogP contribution in [0.3, 0.4) is 0 Å². The van der Waals surface area contributed by atoms with Gasteiger partial charge in [0.1, 0.15) is 0 Å². The molecule has 0 spiro atoms. The highest BCUT2D eigenvalue weighted by Crippen LogP contribution is 2.31. The molecule has 2 nitrogen and oxygen atoms in total. The van der Waals surface area contributed by atoms with E-state index in [1.54, 1.807) is 0 Å². The van der Waals surface area contributed by atoms with Crippen molar-refractivity contribution < 1.29 is 0 Å². The Morgan fingerprint density at radius 1 is 1.32 bits per heavy atom. The molecule has 0 amide bonds. The summed E-state index contributed by atoms with van der Waals surface area (Å²) >= 11 is 0. The Balaban J connectivity index is 1.59. The minimum absolute atomic E-state index is 0.534. The summed E-state index contributed by atoms with van der Waals surface area (Å²) < 4.78 is 0. The van der Waals surface area contributed by atoms with Gasteiger partial charge in [-0.3, -0.25) is 4.98 Å². The van der Waals surface area contributed by atoms with E-state index in [2.05, 4.69) is 41.5 Å². The summed E-state index contributed by atoms with van der Waals surface area (Å²) in [5.41, 5.74) is 5.69. The second-order valence-electron chi connectivity index (χ2n) is 5.36. The van der Waals surface area contributed by atoms with Crippen molar-refractivity contribution in [2.75, 3.05) is 6.54 Å². The Morgan fingerprint density at radius 3 is 3.11 bits per heavy atom. The molecule has 1 aliphatic rings. The van der Waals surface area contributed by atoms with E-state index >= 15 is 0 Å². The molecule has 1 N–H and O–H groups in total. The largest absolute Gasteiger partial charge is 0.310 e. The summed E-state index contributed by atoms with van der Waals surface area (Å²) in [6, 6.07) is 11.5. The van der Waals surface area contributed by atoms with Crippen LogP contribution in [0.2, 0.25) is 0 Å². The van der Waals surface area contributed by atoms with Gasteiger partial charge in [0.15, 0.2) is 0 Å². The molecule has 0 saturated heterocycles. The first-order valence-corrected chi connectivity index (χ1v) is 7.04. The van der Waals surface area contributed by atoms with Gasteiger partial charge in [-0.05, 0) is 55.5 Å². The first-order chi connectivity index (χ1) is 9.33. The average Bonchev–Trinajstić information content (AvgIpc) is 2.83. The average molecular weight is 252 g/mol. The standard InChI is InChI=1S/C17H20N2/c1-13-4-5-15-6-7-17(16(15)11-13)19-10-8-14-3-2-9-18-12-14/h2-5,9,11-12,17,19H,6-8,10H2,1H3. The van der Waals surface area contributed by atoms with Gasteiger partial charge in [-0.2, -0.15) is 0 Å².